The van der Waals surface area contributed by atoms with Crippen molar-refractivity contribution in [3.63, 3.8) is 0 Å². The number of para-hydroxylation sites is 2. The van der Waals surface area contributed by atoms with Crippen LogP contribution in [-0.2, 0) is 23.9 Å². The molecule has 0 radical (unpaired) electrons. The SMILES string of the molecule is O=C(CN1C(=O)[C@H]2CC=CC[C@H]2C1=O)OCC(=O)N1c2ccccc2Sc2ccccc21. The van der Waals surface area contributed by atoms with Gasteiger partial charge in [-0.2, -0.15) is 0 Å². The van der Waals surface area contributed by atoms with Crippen LogP contribution in [0.4, 0.5) is 11.4 Å². The Morgan fingerprint density at radius 1 is 0.875 bits per heavy atom. The zero-order valence-corrected chi connectivity index (χ0v) is 17.9. The van der Waals surface area contributed by atoms with Gasteiger partial charge in [-0.25, -0.2) is 0 Å². The highest BCUT2D eigenvalue weighted by Crippen LogP contribution is 2.47. The molecule has 1 fully saturated rings. The van der Waals surface area contributed by atoms with Crippen LogP contribution in [-0.4, -0.2) is 41.7 Å². The number of fused-ring (bicyclic) bond motifs is 3. The average Bonchev–Trinajstić information content (AvgIpc) is 3.06. The lowest BCUT2D eigenvalue weighted by Gasteiger charge is -2.30. The third-order valence-electron chi connectivity index (χ3n) is 5.92. The zero-order chi connectivity index (χ0) is 22.2. The predicted molar refractivity (Wildman–Crippen MR) is 117 cm³/mol. The van der Waals surface area contributed by atoms with Gasteiger partial charge < -0.3 is 4.74 Å². The van der Waals surface area contributed by atoms with E-state index in [4.69, 9.17) is 4.74 Å². The van der Waals surface area contributed by atoms with Gasteiger partial charge in [0.05, 0.1) is 23.2 Å². The van der Waals surface area contributed by atoms with E-state index in [0.29, 0.717) is 12.8 Å². The molecule has 3 amide bonds. The molecule has 2 heterocycles. The van der Waals surface area contributed by atoms with Gasteiger partial charge in [0.25, 0.3) is 5.91 Å². The van der Waals surface area contributed by atoms with E-state index in [0.717, 1.165) is 26.1 Å². The van der Waals surface area contributed by atoms with Crippen molar-refractivity contribution in [3.8, 4) is 0 Å². The molecule has 1 aliphatic carbocycles. The van der Waals surface area contributed by atoms with Crippen LogP contribution in [0.1, 0.15) is 12.8 Å². The molecule has 8 heteroatoms. The summed E-state index contributed by atoms with van der Waals surface area (Å²) in [6.45, 7) is -0.961. The Morgan fingerprint density at radius 2 is 1.41 bits per heavy atom. The number of allylic oxidation sites excluding steroid dienone is 2. The molecule has 0 N–H and O–H groups in total. The molecule has 1 saturated heterocycles. The van der Waals surface area contributed by atoms with E-state index in [1.165, 1.54) is 0 Å². The zero-order valence-electron chi connectivity index (χ0n) is 17.1. The van der Waals surface area contributed by atoms with Crippen LogP contribution in [0.15, 0.2) is 70.5 Å². The van der Waals surface area contributed by atoms with Crippen LogP contribution in [0.5, 0.6) is 0 Å². The Hall–Kier alpha value is -3.39. The number of ether oxygens (including phenoxy) is 1. The van der Waals surface area contributed by atoms with Crippen LogP contribution < -0.4 is 4.90 Å². The summed E-state index contributed by atoms with van der Waals surface area (Å²) < 4.78 is 5.20. The smallest absolute Gasteiger partial charge is 0.326 e. The highest BCUT2D eigenvalue weighted by molar-refractivity contribution is 7.99. The Bertz CT molecular complexity index is 1090. The average molecular weight is 449 g/mol. The molecule has 0 saturated carbocycles. The van der Waals surface area contributed by atoms with E-state index >= 15 is 0 Å². The summed E-state index contributed by atoms with van der Waals surface area (Å²) in [5.41, 5.74) is 1.44. The maximum Gasteiger partial charge on any atom is 0.326 e. The van der Waals surface area contributed by atoms with Crippen molar-refractivity contribution in [2.45, 2.75) is 22.6 Å². The van der Waals surface area contributed by atoms with Gasteiger partial charge in [-0.1, -0.05) is 48.2 Å². The van der Waals surface area contributed by atoms with E-state index < -0.39 is 36.9 Å². The maximum absolute atomic E-state index is 13.1. The van der Waals surface area contributed by atoms with Crippen molar-refractivity contribution in [3.05, 3.63) is 60.7 Å². The molecule has 0 bridgehead atoms. The highest BCUT2D eigenvalue weighted by atomic mass is 32.2. The number of carbonyl (C=O) groups is 4. The van der Waals surface area contributed by atoms with Gasteiger partial charge in [0.2, 0.25) is 11.8 Å². The highest BCUT2D eigenvalue weighted by Gasteiger charge is 2.47. The number of hydrogen-bond donors (Lipinski definition) is 0. The minimum atomic E-state index is -0.778. The number of rotatable bonds is 4. The summed E-state index contributed by atoms with van der Waals surface area (Å²) in [5.74, 6) is -2.68. The fraction of sp³-hybridized carbons (Fsp3) is 0.250. The number of anilines is 2. The number of nitrogens with zero attached hydrogens (tertiary/aromatic N) is 2. The molecular weight excluding hydrogens is 428 g/mol. The molecule has 7 nitrogen and oxygen atoms in total. The number of likely N-dealkylation sites (tertiary alicyclic amines) is 1. The van der Waals surface area contributed by atoms with Gasteiger partial charge in [0.15, 0.2) is 6.61 Å². The molecule has 0 spiro atoms. The van der Waals surface area contributed by atoms with Gasteiger partial charge in [0.1, 0.15) is 6.54 Å². The van der Waals surface area contributed by atoms with Gasteiger partial charge in [-0.05, 0) is 37.1 Å². The second-order valence-corrected chi connectivity index (χ2v) is 8.93. The van der Waals surface area contributed by atoms with Crippen LogP contribution in [0, 0.1) is 11.8 Å². The molecule has 2 aliphatic heterocycles. The third-order valence-corrected chi connectivity index (χ3v) is 7.05. The molecule has 2 aromatic carbocycles. The van der Waals surface area contributed by atoms with Crippen molar-refractivity contribution in [2.75, 3.05) is 18.1 Å². The fourth-order valence-electron chi connectivity index (χ4n) is 4.38. The van der Waals surface area contributed by atoms with Crippen molar-refractivity contribution < 1.29 is 23.9 Å². The summed E-state index contributed by atoms with van der Waals surface area (Å²) >= 11 is 1.57. The summed E-state index contributed by atoms with van der Waals surface area (Å²) in [5, 5.41) is 0. The van der Waals surface area contributed by atoms with Crippen molar-refractivity contribution in [1.82, 2.24) is 4.90 Å². The van der Waals surface area contributed by atoms with E-state index in [1.807, 2.05) is 60.7 Å². The number of esters is 1. The summed E-state index contributed by atoms with van der Waals surface area (Å²) in [6.07, 6.45) is 4.79. The minimum absolute atomic E-state index is 0.344. The van der Waals surface area contributed by atoms with E-state index in [2.05, 4.69) is 0 Å². The molecule has 3 aliphatic rings. The van der Waals surface area contributed by atoms with Crippen molar-refractivity contribution >= 4 is 46.8 Å². The fourth-order valence-corrected chi connectivity index (χ4v) is 5.44. The van der Waals surface area contributed by atoms with Crippen LogP contribution >= 0.6 is 11.8 Å². The van der Waals surface area contributed by atoms with Gasteiger partial charge >= 0.3 is 5.97 Å². The molecule has 32 heavy (non-hydrogen) atoms. The van der Waals surface area contributed by atoms with Crippen LogP contribution in [0.2, 0.25) is 0 Å². The first-order valence-electron chi connectivity index (χ1n) is 10.4. The minimum Gasteiger partial charge on any atom is -0.454 e. The van der Waals surface area contributed by atoms with E-state index in [1.54, 1.807) is 16.7 Å². The van der Waals surface area contributed by atoms with Gasteiger partial charge in [0, 0.05) is 9.79 Å². The van der Waals surface area contributed by atoms with Crippen LogP contribution in [0.3, 0.4) is 0 Å². The lowest BCUT2D eigenvalue weighted by Crippen LogP contribution is -2.38. The van der Waals surface area contributed by atoms with Crippen molar-refractivity contribution in [1.29, 1.82) is 0 Å². The third kappa shape index (κ3) is 3.50. The first-order valence-corrected chi connectivity index (χ1v) is 11.2. The number of imide groups is 1. The predicted octanol–water partition coefficient (Wildman–Crippen LogP) is 3.31. The summed E-state index contributed by atoms with van der Waals surface area (Å²) in [4.78, 5) is 54.9. The Balaban J connectivity index is 1.27. The number of hydrogen-bond acceptors (Lipinski definition) is 6. The Morgan fingerprint density at radius 3 is 1.97 bits per heavy atom. The number of benzene rings is 2. The lowest BCUT2D eigenvalue weighted by atomic mass is 9.85. The number of amides is 3. The normalized spacial score (nSPS) is 21.1. The summed E-state index contributed by atoms with van der Waals surface area (Å²) in [7, 11) is 0. The second kappa shape index (κ2) is 8.27. The van der Waals surface area contributed by atoms with Crippen molar-refractivity contribution in [2.24, 2.45) is 11.8 Å². The molecule has 5 rings (SSSR count). The molecule has 2 atom stereocenters. The van der Waals surface area contributed by atoms with E-state index in [9.17, 15) is 19.2 Å². The lowest BCUT2D eigenvalue weighted by molar-refractivity contribution is -0.154. The monoisotopic (exact) mass is 448 g/mol. The molecule has 0 aromatic heterocycles. The van der Waals surface area contributed by atoms with E-state index in [-0.39, 0.29) is 11.8 Å². The molecule has 2 aromatic rings. The number of carbonyl (C=O) groups excluding carboxylic acids is 4. The summed E-state index contributed by atoms with van der Waals surface area (Å²) in [6, 6.07) is 15.0. The quantitative estimate of drug-likeness (QED) is 0.405. The largest absolute Gasteiger partial charge is 0.454 e. The topological polar surface area (TPSA) is 84.0 Å². The first kappa shape index (κ1) is 20.5. The molecular formula is C24H20N2O5S. The molecule has 0 unspecified atom stereocenters. The maximum atomic E-state index is 13.1. The van der Waals surface area contributed by atoms with Crippen LogP contribution in [0.25, 0.3) is 0 Å². The standard InChI is InChI=1S/C24H20N2O5S/c27-21(26-17-9-3-5-11-19(17)32-20-12-6-4-10-18(20)26)14-31-22(28)13-25-23(29)15-7-1-2-8-16(15)24(25)30/h1-6,9-12,15-16H,7-8,13-14H2/t15-,16+. The Kier molecular flexibility index (Phi) is 5.30. The van der Waals surface area contributed by atoms with Gasteiger partial charge in [-0.3, -0.25) is 29.0 Å². The molecule has 162 valence electrons. The van der Waals surface area contributed by atoms with Gasteiger partial charge in [-0.15, -0.1) is 0 Å². The first-order chi connectivity index (χ1) is 15.5. The Labute approximate surface area is 189 Å². The second-order valence-electron chi connectivity index (χ2n) is 7.85.